The van der Waals surface area contributed by atoms with Crippen molar-refractivity contribution in [1.82, 2.24) is 0 Å². The molecule has 0 saturated heterocycles. The van der Waals surface area contributed by atoms with E-state index in [1.54, 1.807) is 0 Å². The summed E-state index contributed by atoms with van der Waals surface area (Å²) in [6.45, 7) is 7.97. The number of carbonyl (C=O) groups excluding carboxylic acids is 1. The lowest BCUT2D eigenvalue weighted by Gasteiger charge is -2.27. The molecule has 0 aliphatic heterocycles. The van der Waals surface area contributed by atoms with Gasteiger partial charge in [-0.3, -0.25) is 0 Å². The van der Waals surface area contributed by atoms with E-state index in [0.717, 1.165) is 31.3 Å². The molecule has 0 aliphatic carbocycles. The van der Waals surface area contributed by atoms with Crippen LogP contribution in [0.3, 0.4) is 0 Å². The van der Waals surface area contributed by atoms with Gasteiger partial charge in [0.2, 0.25) is 5.79 Å². The van der Waals surface area contributed by atoms with E-state index < -0.39 is 11.8 Å². The van der Waals surface area contributed by atoms with Gasteiger partial charge in [-0.25, -0.2) is 4.79 Å². The largest absolute Gasteiger partial charge is 0.430 e. The van der Waals surface area contributed by atoms with Crippen molar-refractivity contribution in [3.63, 3.8) is 0 Å². The number of ether oxygens (including phenoxy) is 1. The summed E-state index contributed by atoms with van der Waals surface area (Å²) in [5, 5.41) is 10.6. The highest BCUT2D eigenvalue weighted by molar-refractivity contribution is 5.82. The van der Waals surface area contributed by atoms with Crippen LogP contribution in [0.5, 0.6) is 0 Å². The van der Waals surface area contributed by atoms with Gasteiger partial charge in [-0.15, -0.1) is 0 Å². The Balaban J connectivity index is 4.27. The molecule has 0 aromatic carbocycles. The topological polar surface area (TPSA) is 46.5 Å². The number of hydrogen-bond acceptors (Lipinski definition) is 3. The van der Waals surface area contributed by atoms with Crippen LogP contribution in [0.4, 0.5) is 0 Å². The molecule has 21 heavy (non-hydrogen) atoms. The van der Waals surface area contributed by atoms with Crippen molar-refractivity contribution in [2.75, 3.05) is 0 Å². The van der Waals surface area contributed by atoms with Crippen molar-refractivity contribution < 1.29 is 14.6 Å². The molecule has 124 valence electrons. The molecule has 0 radical (unpaired) electrons. The highest BCUT2D eigenvalue weighted by atomic mass is 16.7. The smallest absolute Gasteiger partial charge is 0.333 e. The lowest BCUT2D eigenvalue weighted by atomic mass is 10.0. The minimum Gasteiger partial charge on any atom is -0.430 e. The maximum absolute atomic E-state index is 11.7. The third-order valence-corrected chi connectivity index (χ3v) is 3.54. The van der Waals surface area contributed by atoms with Crippen molar-refractivity contribution >= 4 is 5.97 Å². The summed E-state index contributed by atoms with van der Waals surface area (Å²) in [6.07, 6.45) is 11.3. The molecule has 0 aromatic heterocycles. The minimum absolute atomic E-state index is 0.431. The van der Waals surface area contributed by atoms with E-state index in [0.29, 0.717) is 12.8 Å². The summed E-state index contributed by atoms with van der Waals surface area (Å²) in [5.41, 5.74) is 0.886. The van der Waals surface area contributed by atoms with Gasteiger partial charge >= 0.3 is 5.97 Å². The maximum atomic E-state index is 11.7. The van der Waals surface area contributed by atoms with Crippen molar-refractivity contribution in [3.05, 3.63) is 11.6 Å². The Labute approximate surface area is 130 Å². The highest BCUT2D eigenvalue weighted by Crippen LogP contribution is 2.24. The monoisotopic (exact) mass is 298 g/mol. The van der Waals surface area contributed by atoms with Crippen LogP contribution in [-0.4, -0.2) is 16.9 Å². The zero-order valence-electron chi connectivity index (χ0n) is 14.4. The van der Waals surface area contributed by atoms with E-state index >= 15 is 0 Å². The van der Waals surface area contributed by atoms with E-state index in [2.05, 4.69) is 13.8 Å². The number of esters is 1. The molecule has 0 bridgehead atoms. The molecular weight excluding hydrogens is 264 g/mol. The number of carbonyl (C=O) groups is 1. The van der Waals surface area contributed by atoms with Crippen molar-refractivity contribution in [2.45, 2.75) is 97.7 Å². The van der Waals surface area contributed by atoms with E-state index in [1.807, 2.05) is 13.8 Å². The second kappa shape index (κ2) is 11.8. The standard InChI is InChI=1S/C18H34O3/c1-5-7-9-10-11-12-14-18(20,13-8-6-2)21-17(19)15-16(3)4/h15,20H,5-14H2,1-4H3. The lowest BCUT2D eigenvalue weighted by Crippen LogP contribution is -2.34. The summed E-state index contributed by atoms with van der Waals surface area (Å²) in [6, 6.07) is 0. The Morgan fingerprint density at radius 1 is 0.952 bits per heavy atom. The average molecular weight is 298 g/mol. The molecule has 0 heterocycles. The van der Waals surface area contributed by atoms with Crippen LogP contribution in [0.25, 0.3) is 0 Å². The molecule has 0 aromatic rings. The molecule has 0 amide bonds. The first-order chi connectivity index (χ1) is 9.93. The van der Waals surface area contributed by atoms with Crippen LogP contribution in [-0.2, 0) is 9.53 Å². The third-order valence-electron chi connectivity index (χ3n) is 3.54. The zero-order valence-corrected chi connectivity index (χ0v) is 14.4. The second-order valence-electron chi connectivity index (χ2n) is 6.21. The third kappa shape index (κ3) is 11.5. The SMILES string of the molecule is CCCCCCCCC(O)(CCCC)OC(=O)C=C(C)C. The number of allylic oxidation sites excluding steroid dienone is 1. The normalized spacial score (nSPS) is 13.6. The van der Waals surface area contributed by atoms with Gasteiger partial charge in [0, 0.05) is 18.9 Å². The number of unbranched alkanes of at least 4 members (excludes halogenated alkanes) is 6. The van der Waals surface area contributed by atoms with Gasteiger partial charge < -0.3 is 9.84 Å². The predicted octanol–water partition coefficient (Wildman–Crippen LogP) is 5.13. The first kappa shape index (κ1) is 20.2. The molecule has 1 N–H and O–H groups in total. The van der Waals surface area contributed by atoms with E-state index in [1.165, 1.54) is 31.8 Å². The van der Waals surface area contributed by atoms with E-state index in [4.69, 9.17) is 4.74 Å². The second-order valence-corrected chi connectivity index (χ2v) is 6.21. The summed E-state index contributed by atoms with van der Waals surface area (Å²) < 4.78 is 5.32. The van der Waals surface area contributed by atoms with Gasteiger partial charge in [0.25, 0.3) is 0 Å². The van der Waals surface area contributed by atoms with Crippen molar-refractivity contribution in [1.29, 1.82) is 0 Å². The fraction of sp³-hybridized carbons (Fsp3) is 0.833. The fourth-order valence-corrected chi connectivity index (χ4v) is 2.31. The van der Waals surface area contributed by atoms with Gasteiger partial charge in [0.05, 0.1) is 0 Å². The van der Waals surface area contributed by atoms with E-state index in [-0.39, 0.29) is 0 Å². The number of rotatable bonds is 12. The van der Waals surface area contributed by atoms with Gasteiger partial charge in [0.15, 0.2) is 0 Å². The first-order valence-corrected chi connectivity index (χ1v) is 8.53. The molecule has 1 atom stereocenters. The van der Waals surface area contributed by atoms with Crippen LogP contribution >= 0.6 is 0 Å². The molecule has 0 fully saturated rings. The number of aliphatic hydroxyl groups is 1. The lowest BCUT2D eigenvalue weighted by molar-refractivity contribution is -0.210. The summed E-state index contributed by atoms with van der Waals surface area (Å²) in [5.74, 6) is -1.72. The van der Waals surface area contributed by atoms with Gasteiger partial charge in [-0.05, 0) is 26.7 Å². The van der Waals surface area contributed by atoms with Crippen LogP contribution < -0.4 is 0 Å². The molecule has 0 spiro atoms. The van der Waals surface area contributed by atoms with Crippen LogP contribution in [0.2, 0.25) is 0 Å². The van der Waals surface area contributed by atoms with E-state index in [9.17, 15) is 9.90 Å². The Hall–Kier alpha value is -0.830. The van der Waals surface area contributed by atoms with Gasteiger partial charge in [0.1, 0.15) is 0 Å². The summed E-state index contributed by atoms with van der Waals surface area (Å²) in [7, 11) is 0. The molecule has 3 heteroatoms. The number of hydrogen-bond donors (Lipinski definition) is 1. The Morgan fingerprint density at radius 3 is 2.05 bits per heavy atom. The quantitative estimate of drug-likeness (QED) is 0.235. The average Bonchev–Trinajstić information content (AvgIpc) is 2.39. The molecule has 0 rings (SSSR count). The first-order valence-electron chi connectivity index (χ1n) is 8.53. The molecular formula is C18H34O3. The van der Waals surface area contributed by atoms with Crippen LogP contribution in [0.15, 0.2) is 11.6 Å². The van der Waals surface area contributed by atoms with Crippen molar-refractivity contribution in [2.24, 2.45) is 0 Å². The molecule has 3 nitrogen and oxygen atoms in total. The Kier molecular flexibility index (Phi) is 11.3. The maximum Gasteiger partial charge on any atom is 0.333 e. The predicted molar refractivity (Wildman–Crippen MR) is 88.0 cm³/mol. The fourth-order valence-electron chi connectivity index (χ4n) is 2.31. The Morgan fingerprint density at radius 2 is 1.48 bits per heavy atom. The van der Waals surface area contributed by atoms with Crippen molar-refractivity contribution in [3.8, 4) is 0 Å². The van der Waals surface area contributed by atoms with Gasteiger partial charge in [-0.1, -0.05) is 57.9 Å². The minimum atomic E-state index is -1.29. The Bertz CT molecular complexity index is 306. The van der Waals surface area contributed by atoms with Crippen LogP contribution in [0, 0.1) is 0 Å². The summed E-state index contributed by atoms with van der Waals surface area (Å²) in [4.78, 5) is 11.7. The highest BCUT2D eigenvalue weighted by Gasteiger charge is 2.29. The molecule has 1 unspecified atom stereocenters. The van der Waals surface area contributed by atoms with Crippen LogP contribution in [0.1, 0.15) is 91.9 Å². The van der Waals surface area contributed by atoms with Gasteiger partial charge in [-0.2, -0.15) is 0 Å². The molecule has 0 saturated carbocycles. The zero-order chi connectivity index (χ0) is 16.1. The molecule has 0 aliphatic rings. The summed E-state index contributed by atoms with van der Waals surface area (Å²) >= 11 is 0.